The zero-order valence-corrected chi connectivity index (χ0v) is 20.5. The average molecular weight is 491 g/mol. The van der Waals surface area contributed by atoms with Crippen molar-refractivity contribution in [2.75, 3.05) is 32.8 Å². The van der Waals surface area contributed by atoms with E-state index in [1.54, 1.807) is 42.5 Å². The number of aliphatic hydroxyl groups is 1. The molecule has 1 heterocycles. The van der Waals surface area contributed by atoms with Crippen molar-refractivity contribution >= 4 is 40.7 Å². The molecule has 1 atom stereocenters. The molecule has 3 rings (SSSR count). The molecule has 6 nitrogen and oxygen atoms in total. The van der Waals surface area contributed by atoms with Crippen LogP contribution in [0.15, 0.2) is 48.0 Å². The molecule has 2 aromatic rings. The number of Topliss-reactive ketones (excluding diaryl/α,β-unsaturated/α-hetero) is 1. The maximum absolute atomic E-state index is 13.1. The summed E-state index contributed by atoms with van der Waals surface area (Å²) in [5.74, 6) is -0.963. The molecule has 0 radical (unpaired) electrons. The number of rotatable bonds is 9. The summed E-state index contributed by atoms with van der Waals surface area (Å²) >= 11 is 12.4. The number of hydrogen-bond donors (Lipinski definition) is 1. The third-order valence-electron chi connectivity index (χ3n) is 5.79. The van der Waals surface area contributed by atoms with E-state index in [0.29, 0.717) is 46.6 Å². The molecule has 1 amide bonds. The molecule has 33 heavy (non-hydrogen) atoms. The molecule has 1 N–H and O–H groups in total. The molecule has 2 aromatic carbocycles. The number of hydrogen-bond acceptors (Lipinski definition) is 5. The van der Waals surface area contributed by atoms with Gasteiger partial charge in [0.25, 0.3) is 11.7 Å². The van der Waals surface area contributed by atoms with Crippen molar-refractivity contribution in [3.63, 3.8) is 0 Å². The van der Waals surface area contributed by atoms with Crippen LogP contribution in [0.4, 0.5) is 0 Å². The van der Waals surface area contributed by atoms with Gasteiger partial charge in [-0.3, -0.25) is 9.59 Å². The highest BCUT2D eigenvalue weighted by Gasteiger charge is 2.46. The van der Waals surface area contributed by atoms with Gasteiger partial charge in [0, 0.05) is 18.7 Å². The minimum Gasteiger partial charge on any atom is -0.507 e. The summed E-state index contributed by atoms with van der Waals surface area (Å²) in [7, 11) is 0. The number of ketones is 1. The second kappa shape index (κ2) is 11.1. The van der Waals surface area contributed by atoms with Crippen LogP contribution in [0, 0.1) is 0 Å². The lowest BCUT2D eigenvalue weighted by atomic mass is 9.95. The quantitative estimate of drug-likeness (QED) is 0.298. The Morgan fingerprint density at radius 2 is 1.70 bits per heavy atom. The maximum atomic E-state index is 13.1. The van der Waals surface area contributed by atoms with E-state index in [1.165, 1.54) is 4.90 Å². The van der Waals surface area contributed by atoms with Crippen molar-refractivity contribution in [3.05, 3.63) is 69.2 Å². The minimum absolute atomic E-state index is 0.0297. The molecule has 1 aliphatic heterocycles. The summed E-state index contributed by atoms with van der Waals surface area (Å²) in [6, 6.07) is 11.0. The fourth-order valence-corrected chi connectivity index (χ4v) is 4.27. The zero-order valence-electron chi connectivity index (χ0n) is 19.0. The van der Waals surface area contributed by atoms with Crippen LogP contribution in [0.1, 0.15) is 37.9 Å². The van der Waals surface area contributed by atoms with Crippen LogP contribution in [-0.2, 0) is 9.59 Å². The molecule has 1 fully saturated rings. The van der Waals surface area contributed by atoms with Crippen molar-refractivity contribution in [1.82, 2.24) is 9.80 Å². The number of benzene rings is 2. The van der Waals surface area contributed by atoms with Crippen molar-refractivity contribution < 1.29 is 19.4 Å². The second-order valence-corrected chi connectivity index (χ2v) is 8.46. The predicted molar refractivity (Wildman–Crippen MR) is 131 cm³/mol. The molecule has 0 aromatic heterocycles. The normalized spacial score (nSPS) is 17.8. The van der Waals surface area contributed by atoms with E-state index in [4.69, 9.17) is 27.9 Å². The topological polar surface area (TPSA) is 70.1 Å². The number of carbonyl (C=O) groups is 2. The SMILES string of the molecule is CCOc1ccc(C(O)=C2C(=O)C(=O)N(CCN(CC)CC)[C@@H]2c2ccc(Cl)c(Cl)c2)cc1. The van der Waals surface area contributed by atoms with Crippen LogP contribution in [-0.4, -0.2) is 59.4 Å². The van der Waals surface area contributed by atoms with Crippen LogP contribution in [0.25, 0.3) is 5.76 Å². The fourth-order valence-electron chi connectivity index (χ4n) is 3.96. The van der Waals surface area contributed by atoms with Gasteiger partial charge in [0.1, 0.15) is 11.5 Å². The van der Waals surface area contributed by atoms with Crippen molar-refractivity contribution in [1.29, 1.82) is 0 Å². The summed E-state index contributed by atoms with van der Waals surface area (Å²) in [5.41, 5.74) is 1.06. The first-order valence-corrected chi connectivity index (χ1v) is 11.8. The fraction of sp³-hybridized carbons (Fsp3) is 0.360. The van der Waals surface area contributed by atoms with Gasteiger partial charge in [0.05, 0.1) is 28.3 Å². The molecule has 0 spiro atoms. The highest BCUT2D eigenvalue weighted by atomic mass is 35.5. The lowest BCUT2D eigenvalue weighted by molar-refractivity contribution is -0.140. The van der Waals surface area contributed by atoms with Gasteiger partial charge < -0.3 is 19.6 Å². The van der Waals surface area contributed by atoms with Gasteiger partial charge in [-0.2, -0.15) is 0 Å². The number of ether oxygens (including phenoxy) is 1. The van der Waals surface area contributed by atoms with Gasteiger partial charge in [-0.1, -0.05) is 43.1 Å². The first kappa shape index (κ1) is 25.1. The Morgan fingerprint density at radius 1 is 1.03 bits per heavy atom. The molecular formula is C25H28Cl2N2O4. The van der Waals surface area contributed by atoms with E-state index in [0.717, 1.165) is 13.1 Å². The van der Waals surface area contributed by atoms with Crippen molar-refractivity contribution in [2.45, 2.75) is 26.8 Å². The molecular weight excluding hydrogens is 463 g/mol. The largest absolute Gasteiger partial charge is 0.507 e. The first-order valence-electron chi connectivity index (χ1n) is 11.0. The number of likely N-dealkylation sites (tertiary alicyclic amines) is 1. The van der Waals surface area contributed by atoms with Crippen LogP contribution in [0.5, 0.6) is 5.75 Å². The monoisotopic (exact) mass is 490 g/mol. The van der Waals surface area contributed by atoms with Crippen LogP contribution in [0.2, 0.25) is 10.0 Å². The molecule has 176 valence electrons. The zero-order chi connectivity index (χ0) is 24.1. The van der Waals surface area contributed by atoms with E-state index in [-0.39, 0.29) is 11.3 Å². The number of aliphatic hydroxyl groups excluding tert-OH is 1. The molecule has 8 heteroatoms. The Morgan fingerprint density at radius 3 is 2.27 bits per heavy atom. The van der Waals surface area contributed by atoms with E-state index in [2.05, 4.69) is 4.90 Å². The van der Waals surface area contributed by atoms with Crippen molar-refractivity contribution in [2.24, 2.45) is 0 Å². The van der Waals surface area contributed by atoms with E-state index in [1.807, 2.05) is 20.8 Å². The van der Waals surface area contributed by atoms with E-state index in [9.17, 15) is 14.7 Å². The highest BCUT2D eigenvalue weighted by molar-refractivity contribution is 6.46. The van der Waals surface area contributed by atoms with Gasteiger partial charge in [-0.15, -0.1) is 0 Å². The predicted octanol–water partition coefficient (Wildman–Crippen LogP) is 5.16. The third-order valence-corrected chi connectivity index (χ3v) is 6.53. The Balaban J connectivity index is 2.09. The summed E-state index contributed by atoms with van der Waals surface area (Å²) < 4.78 is 5.45. The van der Waals surface area contributed by atoms with Crippen LogP contribution < -0.4 is 4.74 Å². The lowest BCUT2D eigenvalue weighted by Crippen LogP contribution is -2.38. The molecule has 1 aliphatic rings. The highest BCUT2D eigenvalue weighted by Crippen LogP contribution is 2.41. The number of likely N-dealkylation sites (N-methyl/N-ethyl adjacent to an activating group) is 1. The van der Waals surface area contributed by atoms with Gasteiger partial charge >= 0.3 is 0 Å². The van der Waals surface area contributed by atoms with Crippen LogP contribution >= 0.6 is 23.2 Å². The Hall–Kier alpha value is -2.54. The lowest BCUT2D eigenvalue weighted by Gasteiger charge is -2.28. The Bertz CT molecular complexity index is 1050. The van der Waals surface area contributed by atoms with Gasteiger partial charge in [-0.05, 0) is 62.0 Å². The summed E-state index contributed by atoms with van der Waals surface area (Å²) in [6.07, 6.45) is 0. The molecule has 0 unspecified atom stereocenters. The number of carbonyl (C=O) groups excluding carboxylic acids is 2. The first-order chi connectivity index (χ1) is 15.8. The third kappa shape index (κ3) is 5.35. The van der Waals surface area contributed by atoms with Gasteiger partial charge in [0.15, 0.2) is 0 Å². The molecule has 0 bridgehead atoms. The number of amides is 1. The smallest absolute Gasteiger partial charge is 0.295 e. The number of nitrogens with zero attached hydrogens (tertiary/aromatic N) is 2. The van der Waals surface area contributed by atoms with Gasteiger partial charge in [-0.25, -0.2) is 0 Å². The Kier molecular flexibility index (Phi) is 8.40. The van der Waals surface area contributed by atoms with Gasteiger partial charge in [0.2, 0.25) is 0 Å². The van der Waals surface area contributed by atoms with Crippen molar-refractivity contribution in [3.8, 4) is 5.75 Å². The van der Waals surface area contributed by atoms with E-state index >= 15 is 0 Å². The standard InChI is InChI=1S/C25H28Cl2N2O4/c1-4-28(5-2)13-14-29-22(17-9-12-19(26)20(27)15-17)21(24(31)25(29)32)23(30)16-7-10-18(11-8-16)33-6-3/h7-12,15,22,30H,4-6,13-14H2,1-3H3/t22-/m1/s1. The average Bonchev–Trinajstić information content (AvgIpc) is 3.06. The molecule has 0 aliphatic carbocycles. The maximum Gasteiger partial charge on any atom is 0.295 e. The summed E-state index contributed by atoms with van der Waals surface area (Å²) in [5, 5.41) is 11.8. The number of halogens is 2. The van der Waals surface area contributed by atoms with E-state index < -0.39 is 17.7 Å². The summed E-state index contributed by atoms with van der Waals surface area (Å²) in [6.45, 7) is 9.05. The van der Waals surface area contributed by atoms with Crippen LogP contribution in [0.3, 0.4) is 0 Å². The second-order valence-electron chi connectivity index (χ2n) is 7.65. The summed E-state index contributed by atoms with van der Waals surface area (Å²) in [4.78, 5) is 29.8. The molecule has 1 saturated heterocycles. The molecule has 0 saturated carbocycles. The minimum atomic E-state index is -0.776. The Labute approximate surface area is 204 Å².